The number of piperidine rings is 1. The van der Waals surface area contributed by atoms with Crippen LogP contribution in [-0.2, 0) is 18.0 Å². The molecule has 2 N–H and O–H groups in total. The predicted molar refractivity (Wildman–Crippen MR) is 143 cm³/mol. The number of pyridine rings is 1. The number of likely N-dealkylation sites (tertiary alicyclic amines) is 1. The van der Waals surface area contributed by atoms with Gasteiger partial charge in [-0.1, -0.05) is 6.92 Å². The van der Waals surface area contributed by atoms with Gasteiger partial charge in [0.25, 0.3) is 0 Å². The van der Waals surface area contributed by atoms with E-state index in [4.69, 9.17) is 4.74 Å². The highest BCUT2D eigenvalue weighted by atomic mass is 19.4. The van der Waals surface area contributed by atoms with Gasteiger partial charge in [0.2, 0.25) is 11.9 Å². The van der Waals surface area contributed by atoms with Crippen LogP contribution in [-0.4, -0.2) is 45.0 Å². The number of hydrogen-bond donors (Lipinski definition) is 2. The van der Waals surface area contributed by atoms with Crippen LogP contribution in [0.4, 0.5) is 39.4 Å². The largest absolute Gasteiger partial charge is 0.457 e. The number of benzene rings is 2. The molecule has 2 aromatic heterocycles. The number of carbonyl (C=O) groups excluding carboxylic acids is 1. The first kappa shape index (κ1) is 28.3. The van der Waals surface area contributed by atoms with Crippen LogP contribution in [0.25, 0.3) is 11.0 Å². The van der Waals surface area contributed by atoms with Crippen LogP contribution in [0, 0.1) is 17.6 Å². The number of anilines is 3. The van der Waals surface area contributed by atoms with Crippen LogP contribution in [0.15, 0.2) is 48.7 Å². The zero-order valence-electron chi connectivity index (χ0n) is 22.2. The van der Waals surface area contributed by atoms with Gasteiger partial charge in [0, 0.05) is 37.4 Å². The smallest absolute Gasteiger partial charge is 0.419 e. The fourth-order valence-corrected chi connectivity index (χ4v) is 4.76. The van der Waals surface area contributed by atoms with Crippen LogP contribution in [0.1, 0.15) is 25.3 Å². The van der Waals surface area contributed by atoms with Crippen molar-refractivity contribution in [1.29, 1.82) is 0 Å². The molecule has 0 saturated carbocycles. The molecule has 4 aromatic rings. The first-order chi connectivity index (χ1) is 19.5. The lowest BCUT2D eigenvalue weighted by Gasteiger charge is -2.30. The summed E-state index contributed by atoms with van der Waals surface area (Å²) < 4.78 is 74.8. The van der Waals surface area contributed by atoms with Crippen molar-refractivity contribution in [2.75, 3.05) is 30.3 Å². The summed E-state index contributed by atoms with van der Waals surface area (Å²) >= 11 is 0. The molecule has 0 bridgehead atoms. The van der Waals surface area contributed by atoms with Crippen molar-refractivity contribution < 1.29 is 31.5 Å². The first-order valence-corrected chi connectivity index (χ1v) is 13.0. The van der Waals surface area contributed by atoms with Gasteiger partial charge in [-0.15, -0.1) is 0 Å². The number of fused-ring (bicyclic) bond motifs is 1. The van der Waals surface area contributed by atoms with E-state index in [0.29, 0.717) is 34.4 Å². The molecule has 13 heteroatoms. The lowest BCUT2D eigenvalue weighted by atomic mass is 9.96. The molecule has 0 radical (unpaired) electrons. The summed E-state index contributed by atoms with van der Waals surface area (Å²) in [5, 5.41) is 5.37. The third kappa shape index (κ3) is 6.24. The maximum absolute atomic E-state index is 14.3. The minimum absolute atomic E-state index is 0.0365. The third-order valence-electron chi connectivity index (χ3n) is 7.08. The Balaban J connectivity index is 1.30. The van der Waals surface area contributed by atoms with E-state index >= 15 is 0 Å². The molecule has 1 amide bonds. The number of rotatable bonds is 7. The van der Waals surface area contributed by atoms with Crippen molar-refractivity contribution in [3.63, 3.8) is 0 Å². The molecule has 1 saturated heterocycles. The van der Waals surface area contributed by atoms with Gasteiger partial charge in [-0.25, -0.2) is 18.7 Å². The maximum atomic E-state index is 14.3. The van der Waals surface area contributed by atoms with Crippen LogP contribution in [0.3, 0.4) is 0 Å². The average Bonchev–Trinajstić information content (AvgIpc) is 3.23. The molecule has 0 spiro atoms. The molecule has 1 aliphatic heterocycles. The molecule has 41 heavy (non-hydrogen) atoms. The van der Waals surface area contributed by atoms with Gasteiger partial charge >= 0.3 is 6.18 Å². The number of ether oxygens (including phenoxy) is 1. The first-order valence-electron chi connectivity index (χ1n) is 13.0. The van der Waals surface area contributed by atoms with E-state index in [1.807, 2.05) is 0 Å². The molecule has 5 rings (SSSR count). The Hall–Kier alpha value is -4.26. The highest BCUT2D eigenvalue weighted by molar-refractivity contribution is 5.92. The summed E-state index contributed by atoms with van der Waals surface area (Å²) in [7, 11) is 1.59. The minimum Gasteiger partial charge on any atom is -0.457 e. The Kier molecular flexibility index (Phi) is 7.80. The molecule has 216 valence electrons. The molecule has 1 aliphatic rings. The molecule has 0 unspecified atom stereocenters. The highest BCUT2D eigenvalue weighted by Gasteiger charge is 2.35. The lowest BCUT2D eigenvalue weighted by molar-refractivity contribution is -0.140. The van der Waals surface area contributed by atoms with Crippen LogP contribution < -0.4 is 15.4 Å². The Morgan fingerprint density at radius 1 is 1.05 bits per heavy atom. The Bertz CT molecular complexity index is 1580. The molecular weight excluding hydrogens is 547 g/mol. The number of imidazole rings is 1. The summed E-state index contributed by atoms with van der Waals surface area (Å²) in [6, 6.07) is 8.71. The molecule has 1 fully saturated rings. The number of aryl methyl sites for hydroxylation is 1. The molecule has 8 nitrogen and oxygen atoms in total. The monoisotopic (exact) mass is 574 g/mol. The molecule has 2 aromatic carbocycles. The van der Waals surface area contributed by atoms with Crippen LogP contribution >= 0.6 is 0 Å². The topological polar surface area (TPSA) is 84.3 Å². The minimum atomic E-state index is -4.99. The summed E-state index contributed by atoms with van der Waals surface area (Å²) in [5.74, 6) is -1.86. The number of carbonyl (C=O) groups is 1. The Morgan fingerprint density at radius 2 is 1.78 bits per heavy atom. The van der Waals surface area contributed by atoms with E-state index < -0.39 is 29.1 Å². The third-order valence-corrected chi connectivity index (χ3v) is 7.08. The van der Waals surface area contributed by atoms with Gasteiger partial charge in [-0.2, -0.15) is 13.2 Å². The fourth-order valence-electron chi connectivity index (χ4n) is 4.76. The van der Waals surface area contributed by atoms with Gasteiger partial charge in [0.15, 0.2) is 0 Å². The zero-order chi connectivity index (χ0) is 29.3. The standard InChI is InChI=1S/C28H27F5N6O2/c1-3-39-10-7-16(8-11-39)26(40)37-25-13-18(6-9-34-25)41-17-4-5-24-23(12-17)36-27(38(24)2)35-22-14-19(28(31,32)33)20(29)15-21(22)30/h4-6,9,12-16H,3,7-8,10-11H2,1-2H3,(H,35,36)(H,34,37,40). The normalized spacial score (nSPS) is 14.8. The Morgan fingerprint density at radius 3 is 2.49 bits per heavy atom. The number of halogens is 5. The van der Waals surface area contributed by atoms with Crippen LogP contribution in [0.5, 0.6) is 11.5 Å². The van der Waals surface area contributed by atoms with E-state index in [2.05, 4.69) is 32.4 Å². The molecule has 3 heterocycles. The van der Waals surface area contributed by atoms with E-state index in [9.17, 15) is 26.7 Å². The second kappa shape index (κ2) is 11.3. The van der Waals surface area contributed by atoms with Crippen molar-refractivity contribution in [2.45, 2.75) is 25.9 Å². The quantitative estimate of drug-likeness (QED) is 0.246. The van der Waals surface area contributed by atoms with E-state index in [1.54, 1.807) is 37.4 Å². The summed E-state index contributed by atoms with van der Waals surface area (Å²) in [6.45, 7) is 4.83. The second-order valence-corrected chi connectivity index (χ2v) is 9.76. The summed E-state index contributed by atoms with van der Waals surface area (Å²) in [4.78, 5) is 23.6. The lowest BCUT2D eigenvalue weighted by Crippen LogP contribution is -2.38. The molecular formula is C28H27F5N6O2. The van der Waals surface area contributed by atoms with Crippen molar-refractivity contribution in [3.8, 4) is 11.5 Å². The van der Waals surface area contributed by atoms with Gasteiger partial charge in [-0.05, 0) is 56.7 Å². The van der Waals surface area contributed by atoms with Gasteiger partial charge < -0.3 is 24.8 Å². The number of aromatic nitrogens is 3. The van der Waals surface area contributed by atoms with Gasteiger partial charge in [-0.3, -0.25) is 4.79 Å². The number of amides is 1. The number of hydrogen-bond acceptors (Lipinski definition) is 6. The molecule has 0 atom stereocenters. The van der Waals surface area contributed by atoms with Crippen molar-refractivity contribution in [1.82, 2.24) is 19.4 Å². The number of nitrogens with one attached hydrogen (secondary N) is 2. The zero-order valence-corrected chi connectivity index (χ0v) is 22.2. The maximum Gasteiger partial charge on any atom is 0.419 e. The fraction of sp³-hybridized carbons (Fsp3) is 0.321. The number of alkyl halides is 3. The average molecular weight is 575 g/mol. The van der Waals surface area contributed by atoms with Gasteiger partial charge in [0.05, 0.1) is 22.3 Å². The Labute approximate surface area is 232 Å². The highest BCUT2D eigenvalue weighted by Crippen LogP contribution is 2.35. The second-order valence-electron chi connectivity index (χ2n) is 9.76. The SMILES string of the molecule is CCN1CCC(C(=O)Nc2cc(Oc3ccc4c(c3)nc(Nc3cc(C(F)(F)F)c(F)cc3F)n4C)ccn2)CC1. The van der Waals surface area contributed by atoms with E-state index in [1.165, 1.54) is 10.8 Å². The van der Waals surface area contributed by atoms with Crippen molar-refractivity contribution >= 4 is 34.4 Å². The summed E-state index contributed by atoms with van der Waals surface area (Å²) in [6.07, 6.45) is -1.91. The predicted octanol–water partition coefficient (Wildman–Crippen LogP) is 6.47. The van der Waals surface area contributed by atoms with Gasteiger partial charge in [0.1, 0.15) is 29.0 Å². The van der Waals surface area contributed by atoms with E-state index in [-0.39, 0.29) is 23.8 Å². The van der Waals surface area contributed by atoms with Crippen molar-refractivity contribution in [3.05, 3.63) is 65.9 Å². The van der Waals surface area contributed by atoms with E-state index in [0.717, 1.165) is 32.5 Å². The molecule has 0 aliphatic carbocycles. The van der Waals surface area contributed by atoms with Crippen molar-refractivity contribution in [2.24, 2.45) is 13.0 Å². The number of nitrogens with zero attached hydrogens (tertiary/aromatic N) is 4. The summed E-state index contributed by atoms with van der Waals surface area (Å²) in [5.41, 5.74) is -1.18. The van der Waals surface area contributed by atoms with Crippen LogP contribution in [0.2, 0.25) is 0 Å².